The van der Waals surface area contributed by atoms with E-state index < -0.39 is 17.7 Å². The summed E-state index contributed by atoms with van der Waals surface area (Å²) in [6, 6.07) is 9.75. The highest BCUT2D eigenvalue weighted by molar-refractivity contribution is 7.16. The molecule has 0 fully saturated rings. The van der Waals surface area contributed by atoms with Crippen molar-refractivity contribution in [2.45, 2.75) is 51.9 Å². The first kappa shape index (κ1) is 22.5. The second-order valence-electron chi connectivity index (χ2n) is 8.76. The van der Waals surface area contributed by atoms with Gasteiger partial charge >= 0.3 is 5.97 Å². The van der Waals surface area contributed by atoms with E-state index in [4.69, 9.17) is 9.47 Å². The molecule has 1 atom stereocenters. The molecule has 0 bridgehead atoms. The molecule has 0 aliphatic carbocycles. The summed E-state index contributed by atoms with van der Waals surface area (Å²) in [6.45, 7) is 5.91. The lowest BCUT2D eigenvalue weighted by molar-refractivity contribution is -0.160. The van der Waals surface area contributed by atoms with Crippen molar-refractivity contribution >= 4 is 17.3 Å². The minimum absolute atomic E-state index is 0.274. The normalized spacial score (nSPS) is 14.5. The van der Waals surface area contributed by atoms with Crippen LogP contribution in [0.4, 0.5) is 0 Å². The molecule has 0 radical (unpaired) electrons. The largest absolute Gasteiger partial charge is 0.493 e. The number of hydrogen-bond donors (Lipinski definition) is 2. The second kappa shape index (κ2) is 9.02. The predicted molar refractivity (Wildman–Crippen MR) is 124 cm³/mol. The molecular weight excluding hydrogens is 426 g/mol. The number of aromatic nitrogens is 1. The molecule has 0 amide bonds. The van der Waals surface area contributed by atoms with Gasteiger partial charge in [-0.3, -0.25) is 4.98 Å². The van der Waals surface area contributed by atoms with Crippen LogP contribution in [-0.4, -0.2) is 33.4 Å². The topological polar surface area (TPSA) is 88.9 Å². The third-order valence-electron chi connectivity index (χ3n) is 5.26. The molecule has 2 aromatic heterocycles. The van der Waals surface area contributed by atoms with Crippen LogP contribution < -0.4 is 4.74 Å². The summed E-state index contributed by atoms with van der Waals surface area (Å²) in [5.74, 6) is -0.221. The molecule has 0 saturated carbocycles. The smallest absolute Gasteiger partial charge is 0.337 e. The van der Waals surface area contributed by atoms with Gasteiger partial charge in [0.25, 0.3) is 0 Å². The summed E-state index contributed by atoms with van der Waals surface area (Å²) in [4.78, 5) is 18.0. The van der Waals surface area contributed by atoms with Crippen molar-refractivity contribution < 1.29 is 24.5 Å². The lowest BCUT2D eigenvalue weighted by Crippen LogP contribution is -2.28. The lowest BCUT2D eigenvalue weighted by atomic mass is 9.92. The maximum absolute atomic E-state index is 12.4. The molecule has 1 unspecified atom stereocenters. The average Bonchev–Trinajstić information content (AvgIpc) is 3.16. The average molecular weight is 454 g/mol. The number of aliphatic hydroxyl groups excluding tert-OH is 1. The number of benzene rings is 1. The number of fused-ring (bicyclic) bond motifs is 1. The van der Waals surface area contributed by atoms with Crippen LogP contribution in [0.2, 0.25) is 0 Å². The van der Waals surface area contributed by atoms with Gasteiger partial charge in [-0.25, -0.2) is 4.79 Å². The van der Waals surface area contributed by atoms with E-state index in [1.807, 2.05) is 45.0 Å². The summed E-state index contributed by atoms with van der Waals surface area (Å²) in [5.41, 5.74) is 3.49. The molecule has 0 saturated heterocycles. The molecule has 1 aromatic carbocycles. The molecule has 1 aliphatic rings. The number of hydrogen-bond acceptors (Lipinski definition) is 6. The van der Waals surface area contributed by atoms with Gasteiger partial charge in [0.05, 0.1) is 18.8 Å². The van der Waals surface area contributed by atoms with Crippen LogP contribution in [-0.2, 0) is 22.6 Å². The molecule has 3 heterocycles. The maximum atomic E-state index is 12.4. The molecule has 32 heavy (non-hydrogen) atoms. The van der Waals surface area contributed by atoms with Crippen LogP contribution in [0, 0.1) is 0 Å². The standard InChI is InChI=1S/C25H27NO5S/c1-25(2,3)31-22(24(28)29)21-19(14-27)32-23(15-8-10-26-11-9-15)20(21)17-6-7-18-16(13-17)5-4-12-30-18/h6-11,13,22,27H,4-5,12,14H2,1-3H3,(H,28,29). The fraction of sp³-hybridized carbons (Fsp3) is 0.360. The van der Waals surface area contributed by atoms with Gasteiger partial charge in [0.1, 0.15) is 5.75 Å². The molecule has 4 rings (SSSR count). The highest BCUT2D eigenvalue weighted by Gasteiger charge is 2.34. The predicted octanol–water partition coefficient (Wildman–Crippen LogP) is 5.24. The quantitative estimate of drug-likeness (QED) is 0.531. The number of carboxylic acid groups (broad SMARTS) is 1. The van der Waals surface area contributed by atoms with E-state index >= 15 is 0 Å². The van der Waals surface area contributed by atoms with Crippen molar-refractivity contribution in [3.63, 3.8) is 0 Å². The van der Waals surface area contributed by atoms with Crippen LogP contribution in [0.5, 0.6) is 5.75 Å². The Bertz CT molecular complexity index is 1120. The Kier molecular flexibility index (Phi) is 6.33. The van der Waals surface area contributed by atoms with Gasteiger partial charge in [-0.05, 0) is 74.6 Å². The van der Waals surface area contributed by atoms with E-state index in [0.717, 1.165) is 45.7 Å². The van der Waals surface area contributed by atoms with Crippen molar-refractivity contribution in [1.82, 2.24) is 4.98 Å². The third-order valence-corrected chi connectivity index (χ3v) is 6.50. The van der Waals surface area contributed by atoms with Crippen molar-refractivity contribution in [2.24, 2.45) is 0 Å². The zero-order chi connectivity index (χ0) is 22.9. The molecular formula is C25H27NO5S. The van der Waals surface area contributed by atoms with E-state index in [-0.39, 0.29) is 6.61 Å². The summed E-state index contributed by atoms with van der Waals surface area (Å²) < 4.78 is 11.8. The molecule has 1 aliphatic heterocycles. The monoisotopic (exact) mass is 453 g/mol. The SMILES string of the molecule is CC(C)(C)OC(C(=O)O)c1c(CO)sc(-c2ccncc2)c1-c1ccc2c(c1)CCCO2. The summed E-state index contributed by atoms with van der Waals surface area (Å²) in [7, 11) is 0. The first-order chi connectivity index (χ1) is 15.3. The fourth-order valence-electron chi connectivity index (χ4n) is 3.98. The van der Waals surface area contributed by atoms with E-state index in [2.05, 4.69) is 11.1 Å². The van der Waals surface area contributed by atoms with Crippen molar-refractivity contribution in [3.8, 4) is 27.3 Å². The summed E-state index contributed by atoms with van der Waals surface area (Å²) in [6.07, 6.45) is 4.04. The molecule has 168 valence electrons. The minimum atomic E-state index is -1.22. The first-order valence-corrected chi connectivity index (χ1v) is 11.4. The number of ether oxygens (including phenoxy) is 2. The van der Waals surface area contributed by atoms with E-state index in [0.29, 0.717) is 17.0 Å². The Hall–Kier alpha value is -2.74. The zero-order valence-electron chi connectivity index (χ0n) is 18.4. The Morgan fingerprint density at radius 3 is 2.62 bits per heavy atom. The van der Waals surface area contributed by atoms with Crippen molar-refractivity contribution in [2.75, 3.05) is 6.61 Å². The van der Waals surface area contributed by atoms with Gasteiger partial charge in [0.15, 0.2) is 6.10 Å². The molecule has 3 aromatic rings. The second-order valence-corrected chi connectivity index (χ2v) is 9.87. The van der Waals surface area contributed by atoms with Crippen LogP contribution in [0.15, 0.2) is 42.7 Å². The number of carboxylic acids is 1. The van der Waals surface area contributed by atoms with Gasteiger partial charge in [-0.2, -0.15) is 0 Å². The number of pyridine rings is 1. The number of carbonyl (C=O) groups is 1. The van der Waals surface area contributed by atoms with Crippen LogP contribution in [0.25, 0.3) is 21.6 Å². The lowest BCUT2D eigenvalue weighted by Gasteiger charge is -2.26. The highest BCUT2D eigenvalue weighted by atomic mass is 32.1. The fourth-order valence-corrected chi connectivity index (χ4v) is 5.19. The Balaban J connectivity index is 1.99. The number of nitrogens with zero attached hydrogens (tertiary/aromatic N) is 1. The number of rotatable bonds is 6. The van der Waals surface area contributed by atoms with E-state index in [1.54, 1.807) is 12.4 Å². The first-order valence-electron chi connectivity index (χ1n) is 10.6. The van der Waals surface area contributed by atoms with Gasteiger partial charge in [-0.15, -0.1) is 11.3 Å². The molecule has 7 heteroatoms. The molecule has 0 spiro atoms. The Labute approximate surface area is 191 Å². The van der Waals surface area contributed by atoms with Gasteiger partial charge in [-0.1, -0.05) is 6.07 Å². The van der Waals surface area contributed by atoms with Crippen LogP contribution in [0.1, 0.15) is 49.3 Å². The Morgan fingerprint density at radius 2 is 1.97 bits per heavy atom. The van der Waals surface area contributed by atoms with Crippen LogP contribution in [0.3, 0.4) is 0 Å². The highest BCUT2D eigenvalue weighted by Crippen LogP contribution is 2.48. The Morgan fingerprint density at radius 1 is 1.22 bits per heavy atom. The van der Waals surface area contributed by atoms with E-state index in [9.17, 15) is 15.0 Å². The van der Waals surface area contributed by atoms with Crippen LogP contribution >= 0.6 is 11.3 Å². The summed E-state index contributed by atoms with van der Waals surface area (Å²) in [5, 5.41) is 20.3. The number of thiophene rings is 1. The van der Waals surface area contributed by atoms with E-state index in [1.165, 1.54) is 11.3 Å². The zero-order valence-corrected chi connectivity index (χ0v) is 19.2. The maximum Gasteiger partial charge on any atom is 0.337 e. The summed E-state index contributed by atoms with van der Waals surface area (Å²) >= 11 is 1.39. The number of aryl methyl sites for hydroxylation is 1. The van der Waals surface area contributed by atoms with Crippen molar-refractivity contribution in [1.29, 1.82) is 0 Å². The van der Waals surface area contributed by atoms with Gasteiger partial charge in [0.2, 0.25) is 0 Å². The minimum Gasteiger partial charge on any atom is -0.493 e. The molecule has 6 nitrogen and oxygen atoms in total. The van der Waals surface area contributed by atoms with Crippen molar-refractivity contribution in [3.05, 3.63) is 58.7 Å². The van der Waals surface area contributed by atoms with Gasteiger partial charge in [0, 0.05) is 33.3 Å². The number of aliphatic hydroxyl groups is 1. The third kappa shape index (κ3) is 4.55. The number of aliphatic carboxylic acids is 1. The van der Waals surface area contributed by atoms with Gasteiger partial charge < -0.3 is 19.7 Å². The molecule has 2 N–H and O–H groups in total.